The molecule has 18 heavy (non-hydrogen) atoms. The van der Waals surface area contributed by atoms with Crippen molar-refractivity contribution in [2.75, 3.05) is 17.7 Å². The first kappa shape index (κ1) is 12.6. The van der Waals surface area contributed by atoms with Crippen LogP contribution in [0.25, 0.3) is 0 Å². The molecule has 94 valence electrons. The molecule has 0 fully saturated rings. The Morgan fingerprint density at radius 2 is 1.78 bits per heavy atom. The molecule has 0 atom stereocenters. The lowest BCUT2D eigenvalue weighted by molar-refractivity contribution is 1.05. The number of halogens is 1. The van der Waals surface area contributed by atoms with E-state index < -0.39 is 0 Å². The quantitative estimate of drug-likeness (QED) is 0.888. The van der Waals surface area contributed by atoms with Crippen molar-refractivity contribution in [2.45, 2.75) is 13.8 Å². The molecule has 2 rings (SSSR count). The molecule has 0 saturated heterocycles. The number of nitrogens with zero attached hydrogens (tertiary/aromatic N) is 2. The maximum absolute atomic E-state index is 5.93. The van der Waals surface area contributed by atoms with Gasteiger partial charge in [-0.1, -0.05) is 11.6 Å². The van der Waals surface area contributed by atoms with Crippen LogP contribution in [-0.4, -0.2) is 17.0 Å². The summed E-state index contributed by atoms with van der Waals surface area (Å²) >= 11 is 5.93. The molecule has 1 heterocycles. The summed E-state index contributed by atoms with van der Waals surface area (Å²) in [5.74, 6) is 2.27. The predicted molar refractivity (Wildman–Crippen MR) is 75.8 cm³/mol. The van der Waals surface area contributed by atoms with E-state index in [4.69, 9.17) is 11.6 Å². The molecule has 4 nitrogen and oxygen atoms in total. The van der Waals surface area contributed by atoms with Crippen LogP contribution in [0.15, 0.2) is 24.3 Å². The Kier molecular flexibility index (Phi) is 3.67. The topological polar surface area (TPSA) is 49.8 Å². The Bertz CT molecular complexity index is 569. The highest BCUT2D eigenvalue weighted by atomic mass is 35.5. The van der Waals surface area contributed by atoms with Crippen molar-refractivity contribution in [2.24, 2.45) is 0 Å². The molecule has 0 amide bonds. The van der Waals surface area contributed by atoms with Crippen LogP contribution in [-0.2, 0) is 0 Å². The van der Waals surface area contributed by atoms with Crippen LogP contribution in [0.4, 0.5) is 17.3 Å². The molecule has 5 heteroatoms. The van der Waals surface area contributed by atoms with Gasteiger partial charge < -0.3 is 10.6 Å². The largest absolute Gasteiger partial charge is 0.373 e. The van der Waals surface area contributed by atoms with Gasteiger partial charge in [-0.2, -0.15) is 0 Å². The fourth-order valence-electron chi connectivity index (χ4n) is 1.67. The van der Waals surface area contributed by atoms with Gasteiger partial charge >= 0.3 is 0 Å². The zero-order chi connectivity index (χ0) is 13.1. The van der Waals surface area contributed by atoms with E-state index in [1.807, 2.05) is 45.2 Å². The lowest BCUT2D eigenvalue weighted by Gasteiger charge is -2.10. The molecule has 0 aliphatic rings. The van der Waals surface area contributed by atoms with E-state index in [0.29, 0.717) is 0 Å². The van der Waals surface area contributed by atoms with Crippen molar-refractivity contribution >= 4 is 28.9 Å². The van der Waals surface area contributed by atoms with Crippen LogP contribution in [0, 0.1) is 13.8 Å². The van der Waals surface area contributed by atoms with Crippen LogP contribution in [0.1, 0.15) is 11.4 Å². The zero-order valence-corrected chi connectivity index (χ0v) is 11.3. The van der Waals surface area contributed by atoms with Crippen molar-refractivity contribution < 1.29 is 0 Å². The first-order chi connectivity index (χ1) is 8.58. The molecule has 0 saturated carbocycles. The SMILES string of the molecule is CNc1cc(Nc2ccc(Cl)cc2C)nc(C)n1. The summed E-state index contributed by atoms with van der Waals surface area (Å²) in [6.07, 6.45) is 0. The highest BCUT2D eigenvalue weighted by molar-refractivity contribution is 6.30. The summed E-state index contributed by atoms with van der Waals surface area (Å²) in [7, 11) is 1.83. The molecule has 0 radical (unpaired) electrons. The van der Waals surface area contributed by atoms with Crippen molar-refractivity contribution in [3.05, 3.63) is 40.7 Å². The molecule has 0 spiro atoms. The first-order valence-electron chi connectivity index (χ1n) is 5.65. The average molecular weight is 263 g/mol. The van der Waals surface area contributed by atoms with Crippen LogP contribution in [0.3, 0.4) is 0 Å². The molecular formula is C13H15ClN4. The van der Waals surface area contributed by atoms with E-state index in [-0.39, 0.29) is 0 Å². The van der Waals surface area contributed by atoms with Crippen LogP contribution < -0.4 is 10.6 Å². The Morgan fingerprint density at radius 1 is 1.06 bits per heavy atom. The van der Waals surface area contributed by atoms with E-state index in [2.05, 4.69) is 20.6 Å². The Labute approximate surface area is 111 Å². The number of rotatable bonds is 3. The maximum atomic E-state index is 5.93. The minimum Gasteiger partial charge on any atom is -0.373 e. The summed E-state index contributed by atoms with van der Waals surface area (Å²) in [6.45, 7) is 3.86. The molecule has 0 aliphatic heterocycles. The molecule has 1 aromatic heterocycles. The third kappa shape index (κ3) is 2.90. The van der Waals surface area contributed by atoms with Gasteiger partial charge in [0.25, 0.3) is 0 Å². The highest BCUT2D eigenvalue weighted by Gasteiger charge is 2.03. The van der Waals surface area contributed by atoms with Gasteiger partial charge in [0, 0.05) is 23.8 Å². The van der Waals surface area contributed by atoms with E-state index in [1.165, 1.54) is 0 Å². The summed E-state index contributed by atoms with van der Waals surface area (Å²) in [4.78, 5) is 8.59. The molecule has 0 bridgehead atoms. The van der Waals surface area contributed by atoms with Gasteiger partial charge in [0.2, 0.25) is 0 Å². The summed E-state index contributed by atoms with van der Waals surface area (Å²) < 4.78 is 0. The second-order valence-electron chi connectivity index (χ2n) is 4.02. The van der Waals surface area contributed by atoms with Gasteiger partial charge in [-0.25, -0.2) is 9.97 Å². The van der Waals surface area contributed by atoms with Crippen molar-refractivity contribution in [1.82, 2.24) is 9.97 Å². The Morgan fingerprint density at radius 3 is 2.44 bits per heavy atom. The minimum atomic E-state index is 0.718. The second kappa shape index (κ2) is 5.23. The molecule has 1 aromatic carbocycles. The summed E-state index contributed by atoms with van der Waals surface area (Å²) in [5.41, 5.74) is 2.06. The lowest BCUT2D eigenvalue weighted by Crippen LogP contribution is -2.01. The van der Waals surface area contributed by atoms with Gasteiger partial charge in [-0.3, -0.25) is 0 Å². The van der Waals surface area contributed by atoms with Crippen LogP contribution >= 0.6 is 11.6 Å². The van der Waals surface area contributed by atoms with E-state index in [0.717, 1.165) is 33.7 Å². The smallest absolute Gasteiger partial charge is 0.136 e. The number of nitrogens with one attached hydrogen (secondary N) is 2. The summed E-state index contributed by atoms with van der Waals surface area (Å²) in [6, 6.07) is 7.57. The van der Waals surface area contributed by atoms with Gasteiger partial charge in [-0.15, -0.1) is 0 Å². The van der Waals surface area contributed by atoms with Gasteiger partial charge in [0.05, 0.1) is 0 Å². The molecule has 0 aliphatic carbocycles. The first-order valence-corrected chi connectivity index (χ1v) is 6.03. The second-order valence-corrected chi connectivity index (χ2v) is 4.46. The van der Waals surface area contributed by atoms with Gasteiger partial charge in [-0.05, 0) is 37.6 Å². The number of hydrogen-bond acceptors (Lipinski definition) is 4. The van der Waals surface area contributed by atoms with E-state index in [9.17, 15) is 0 Å². The Hall–Kier alpha value is -1.81. The molecular weight excluding hydrogens is 248 g/mol. The van der Waals surface area contributed by atoms with Gasteiger partial charge in [0.1, 0.15) is 17.5 Å². The summed E-state index contributed by atoms with van der Waals surface area (Å²) in [5, 5.41) is 7.00. The molecule has 2 N–H and O–H groups in total. The standard InChI is InChI=1S/C13H15ClN4/c1-8-6-10(14)4-5-11(8)18-13-7-12(15-3)16-9(2)17-13/h4-7H,1-3H3,(H2,15,16,17,18). The van der Waals surface area contributed by atoms with Crippen molar-refractivity contribution in [3.63, 3.8) is 0 Å². The zero-order valence-electron chi connectivity index (χ0n) is 10.6. The minimum absolute atomic E-state index is 0.718. The third-order valence-electron chi connectivity index (χ3n) is 2.55. The van der Waals surface area contributed by atoms with Crippen LogP contribution in [0.2, 0.25) is 5.02 Å². The number of anilines is 3. The van der Waals surface area contributed by atoms with E-state index in [1.54, 1.807) is 0 Å². The highest BCUT2D eigenvalue weighted by Crippen LogP contribution is 2.23. The van der Waals surface area contributed by atoms with Crippen molar-refractivity contribution in [1.29, 1.82) is 0 Å². The number of aromatic nitrogens is 2. The van der Waals surface area contributed by atoms with Gasteiger partial charge in [0.15, 0.2) is 0 Å². The number of hydrogen-bond donors (Lipinski definition) is 2. The van der Waals surface area contributed by atoms with Crippen LogP contribution in [0.5, 0.6) is 0 Å². The number of aryl methyl sites for hydroxylation is 2. The third-order valence-corrected chi connectivity index (χ3v) is 2.78. The van der Waals surface area contributed by atoms with E-state index >= 15 is 0 Å². The maximum Gasteiger partial charge on any atom is 0.136 e. The molecule has 0 unspecified atom stereocenters. The van der Waals surface area contributed by atoms with Crippen molar-refractivity contribution in [3.8, 4) is 0 Å². The lowest BCUT2D eigenvalue weighted by atomic mass is 10.2. The average Bonchev–Trinajstić information content (AvgIpc) is 2.32. The predicted octanol–water partition coefficient (Wildman–Crippen LogP) is 3.53. The molecule has 2 aromatic rings. The number of benzene rings is 1. The fourth-order valence-corrected chi connectivity index (χ4v) is 1.89. The fraction of sp³-hybridized carbons (Fsp3) is 0.231. The Balaban J connectivity index is 2.30. The normalized spacial score (nSPS) is 10.2. The monoisotopic (exact) mass is 262 g/mol.